The van der Waals surface area contributed by atoms with Crippen LogP contribution < -0.4 is 14.8 Å². The van der Waals surface area contributed by atoms with Crippen LogP contribution in [0.5, 0.6) is 11.5 Å². The Morgan fingerprint density at radius 2 is 1.56 bits per heavy atom. The van der Waals surface area contributed by atoms with E-state index < -0.39 is 16.1 Å². The first-order chi connectivity index (χ1) is 16.3. The van der Waals surface area contributed by atoms with Gasteiger partial charge in [-0.2, -0.15) is 4.31 Å². The van der Waals surface area contributed by atoms with Crippen LogP contribution in [0.15, 0.2) is 64.6 Å². The van der Waals surface area contributed by atoms with Gasteiger partial charge in [0.15, 0.2) is 11.5 Å². The third-order valence-corrected chi connectivity index (χ3v) is 7.98. The van der Waals surface area contributed by atoms with Crippen molar-refractivity contribution < 1.29 is 27.5 Å². The van der Waals surface area contributed by atoms with Gasteiger partial charge >= 0.3 is 0 Å². The number of rotatable bonds is 5. The van der Waals surface area contributed by atoms with Crippen molar-refractivity contribution in [3.63, 3.8) is 0 Å². The van der Waals surface area contributed by atoms with Crippen molar-refractivity contribution in [3.05, 3.63) is 65.2 Å². The predicted molar refractivity (Wildman–Crippen MR) is 123 cm³/mol. The molecule has 0 spiro atoms. The summed E-state index contributed by atoms with van der Waals surface area (Å²) in [7, 11) is -3.73. The van der Waals surface area contributed by atoms with E-state index in [1.165, 1.54) is 23.4 Å². The van der Waals surface area contributed by atoms with Gasteiger partial charge in [0.05, 0.1) is 4.90 Å². The predicted octanol–water partition coefficient (Wildman–Crippen LogP) is 1.48. The Kier molecular flexibility index (Phi) is 5.78. The molecule has 1 atom stereocenters. The van der Waals surface area contributed by atoms with Crippen molar-refractivity contribution in [2.24, 2.45) is 0 Å². The van der Waals surface area contributed by atoms with Crippen LogP contribution >= 0.6 is 0 Å². The Bertz CT molecular complexity index is 1260. The number of nitrogens with zero attached hydrogens (tertiary/aromatic N) is 2. The minimum absolute atomic E-state index is 0.153. The van der Waals surface area contributed by atoms with Gasteiger partial charge in [0.2, 0.25) is 21.8 Å². The van der Waals surface area contributed by atoms with Crippen molar-refractivity contribution >= 4 is 21.8 Å². The summed E-state index contributed by atoms with van der Waals surface area (Å²) >= 11 is 0. The molecule has 34 heavy (non-hydrogen) atoms. The highest BCUT2D eigenvalue weighted by Crippen LogP contribution is 2.35. The van der Waals surface area contributed by atoms with Crippen LogP contribution in [-0.2, 0) is 19.6 Å². The Balaban J connectivity index is 1.28. The lowest BCUT2D eigenvalue weighted by Gasteiger charge is -2.27. The van der Waals surface area contributed by atoms with Gasteiger partial charge in [0.1, 0.15) is 19.3 Å². The van der Waals surface area contributed by atoms with Gasteiger partial charge in [-0.25, -0.2) is 8.42 Å². The fraction of sp³-hybridized carbons (Fsp3) is 0.333. The van der Waals surface area contributed by atoms with Crippen LogP contribution in [0.25, 0.3) is 0 Å². The highest BCUT2D eigenvalue weighted by Gasteiger charge is 2.39. The lowest BCUT2D eigenvalue weighted by molar-refractivity contribution is -0.135. The average Bonchev–Trinajstić information content (AvgIpc) is 3.42. The van der Waals surface area contributed by atoms with E-state index in [0.29, 0.717) is 43.4 Å². The van der Waals surface area contributed by atoms with E-state index in [1.807, 2.05) is 18.2 Å². The summed E-state index contributed by atoms with van der Waals surface area (Å²) in [6, 6.07) is 13.0. The SMILES string of the molecule is CC(=O)NC(C(=O)N1CC2=C(C1)CN(S(=O)(=O)c1ccc3c(c1)OCCO3)C2)c1ccccc1. The molecule has 3 aliphatic heterocycles. The fourth-order valence-electron chi connectivity index (χ4n) is 4.52. The molecule has 5 rings (SSSR count). The van der Waals surface area contributed by atoms with Crippen LogP contribution in [-0.4, -0.2) is 68.8 Å². The summed E-state index contributed by atoms with van der Waals surface area (Å²) in [4.78, 5) is 26.8. The second kappa shape index (κ2) is 8.77. The van der Waals surface area contributed by atoms with Crippen LogP contribution in [0.2, 0.25) is 0 Å². The van der Waals surface area contributed by atoms with Gasteiger partial charge in [-0.3, -0.25) is 9.59 Å². The van der Waals surface area contributed by atoms with E-state index in [2.05, 4.69) is 5.32 Å². The summed E-state index contributed by atoms with van der Waals surface area (Å²) in [6.45, 7) is 3.32. The minimum Gasteiger partial charge on any atom is -0.486 e. The molecule has 0 radical (unpaired) electrons. The highest BCUT2D eigenvalue weighted by molar-refractivity contribution is 7.89. The first kappa shape index (κ1) is 22.4. The van der Waals surface area contributed by atoms with E-state index in [9.17, 15) is 18.0 Å². The molecule has 1 N–H and O–H groups in total. The molecule has 9 nitrogen and oxygen atoms in total. The van der Waals surface area contributed by atoms with Crippen LogP contribution in [0.1, 0.15) is 18.5 Å². The van der Waals surface area contributed by atoms with Gasteiger partial charge in [-0.1, -0.05) is 30.3 Å². The molecule has 0 saturated carbocycles. The monoisotopic (exact) mass is 483 g/mol. The third kappa shape index (κ3) is 4.14. The molecule has 1 unspecified atom stereocenters. The maximum absolute atomic E-state index is 13.3. The van der Waals surface area contributed by atoms with Gasteiger partial charge in [0, 0.05) is 39.2 Å². The summed E-state index contributed by atoms with van der Waals surface area (Å²) in [6.07, 6.45) is 0. The van der Waals surface area contributed by atoms with Crippen molar-refractivity contribution in [2.75, 3.05) is 39.4 Å². The maximum Gasteiger partial charge on any atom is 0.250 e. The standard InChI is InChI=1S/C24H25N3O6S/c1-16(28)25-23(17-5-3-2-4-6-17)24(29)26-12-18-14-27(15-19(18)13-26)34(30,31)20-7-8-21-22(11-20)33-10-9-32-21/h2-8,11,23H,9-10,12-15H2,1H3,(H,25,28). The quantitative estimate of drug-likeness (QED) is 0.646. The summed E-state index contributed by atoms with van der Waals surface area (Å²) < 4.78 is 38.9. The van der Waals surface area contributed by atoms with Gasteiger partial charge < -0.3 is 19.7 Å². The molecule has 0 aromatic heterocycles. The van der Waals surface area contributed by atoms with Crippen LogP contribution in [0.4, 0.5) is 0 Å². The summed E-state index contributed by atoms with van der Waals surface area (Å²) in [5.41, 5.74) is 2.55. The zero-order chi connectivity index (χ0) is 23.9. The number of carbonyl (C=O) groups is 2. The van der Waals surface area contributed by atoms with Gasteiger partial charge in [0.25, 0.3) is 0 Å². The van der Waals surface area contributed by atoms with Crippen LogP contribution in [0.3, 0.4) is 0 Å². The zero-order valence-electron chi connectivity index (χ0n) is 18.7. The Morgan fingerprint density at radius 1 is 0.912 bits per heavy atom. The smallest absolute Gasteiger partial charge is 0.250 e. The number of ether oxygens (including phenoxy) is 2. The number of amides is 2. The molecule has 10 heteroatoms. The van der Waals surface area contributed by atoms with E-state index >= 15 is 0 Å². The molecule has 0 bridgehead atoms. The number of sulfonamides is 1. The third-order valence-electron chi connectivity index (χ3n) is 6.19. The maximum atomic E-state index is 13.3. The fourth-order valence-corrected chi connectivity index (χ4v) is 5.97. The normalized spacial score (nSPS) is 18.6. The molecular weight excluding hydrogens is 458 g/mol. The Morgan fingerprint density at radius 3 is 2.21 bits per heavy atom. The molecule has 0 aliphatic carbocycles. The first-order valence-electron chi connectivity index (χ1n) is 11.0. The molecule has 0 saturated heterocycles. The zero-order valence-corrected chi connectivity index (χ0v) is 19.5. The Hall–Kier alpha value is -3.37. The van der Waals surface area contributed by atoms with E-state index in [1.54, 1.807) is 23.1 Å². The van der Waals surface area contributed by atoms with Crippen molar-refractivity contribution in [1.82, 2.24) is 14.5 Å². The Labute approximate surface area is 198 Å². The summed E-state index contributed by atoms with van der Waals surface area (Å²) in [5.74, 6) is 0.456. The van der Waals surface area contributed by atoms with Crippen LogP contribution in [0, 0.1) is 0 Å². The molecule has 3 aliphatic rings. The molecule has 2 amide bonds. The first-order valence-corrected chi connectivity index (χ1v) is 12.5. The number of hydrogen-bond acceptors (Lipinski definition) is 6. The second-order valence-corrected chi connectivity index (χ2v) is 10.5. The number of carbonyl (C=O) groups excluding carboxylic acids is 2. The van der Waals surface area contributed by atoms with Gasteiger partial charge in [-0.15, -0.1) is 0 Å². The molecule has 2 aromatic rings. The molecule has 3 heterocycles. The van der Waals surface area contributed by atoms with E-state index in [4.69, 9.17) is 9.47 Å². The number of hydrogen-bond donors (Lipinski definition) is 1. The molecular formula is C24H25N3O6S. The number of benzene rings is 2. The van der Waals surface area contributed by atoms with E-state index in [-0.39, 0.29) is 29.8 Å². The van der Waals surface area contributed by atoms with Gasteiger partial charge in [-0.05, 0) is 28.8 Å². The highest BCUT2D eigenvalue weighted by atomic mass is 32.2. The minimum atomic E-state index is -3.73. The van der Waals surface area contributed by atoms with E-state index in [0.717, 1.165) is 11.1 Å². The average molecular weight is 484 g/mol. The summed E-state index contributed by atoms with van der Waals surface area (Å²) in [5, 5.41) is 2.74. The largest absolute Gasteiger partial charge is 0.486 e. The molecule has 178 valence electrons. The van der Waals surface area contributed by atoms with Crippen molar-refractivity contribution in [1.29, 1.82) is 0 Å². The molecule has 2 aromatic carbocycles. The van der Waals surface area contributed by atoms with Crippen molar-refractivity contribution in [3.8, 4) is 11.5 Å². The number of fused-ring (bicyclic) bond motifs is 1. The second-order valence-electron chi connectivity index (χ2n) is 8.52. The van der Waals surface area contributed by atoms with Crippen molar-refractivity contribution in [2.45, 2.75) is 17.9 Å². The molecule has 0 fully saturated rings. The number of nitrogens with one attached hydrogen (secondary N) is 1. The lowest BCUT2D eigenvalue weighted by Crippen LogP contribution is -2.43. The topological polar surface area (TPSA) is 105 Å². The lowest BCUT2D eigenvalue weighted by atomic mass is 10.1.